The number of hydroxylamine groups is 2. The van der Waals surface area contributed by atoms with Gasteiger partial charge in [-0.15, -0.1) is 0 Å². The number of aromatic nitrogens is 4. The summed E-state index contributed by atoms with van der Waals surface area (Å²) >= 11 is 3.36. The molecular formula is C22H23BrN6O2. The molecule has 0 saturated heterocycles. The Morgan fingerprint density at radius 1 is 1.26 bits per heavy atom. The van der Waals surface area contributed by atoms with E-state index in [1.54, 1.807) is 12.3 Å². The van der Waals surface area contributed by atoms with Gasteiger partial charge in [-0.2, -0.15) is 5.10 Å². The highest BCUT2D eigenvalue weighted by molar-refractivity contribution is 9.10. The van der Waals surface area contributed by atoms with Crippen molar-refractivity contribution in [1.29, 1.82) is 0 Å². The van der Waals surface area contributed by atoms with Crippen molar-refractivity contribution in [3.63, 3.8) is 0 Å². The highest BCUT2D eigenvalue weighted by Crippen LogP contribution is 2.32. The van der Waals surface area contributed by atoms with E-state index in [2.05, 4.69) is 25.9 Å². The molecule has 0 fully saturated rings. The van der Waals surface area contributed by atoms with Gasteiger partial charge < -0.3 is 5.73 Å². The fourth-order valence-corrected chi connectivity index (χ4v) is 3.92. The second-order valence-corrected chi connectivity index (χ2v) is 7.98. The number of hydrogen-bond donors (Lipinski definition) is 1. The standard InChI is InChI=1S/C22H23BrN6O2/c1-4-17-19-20(28(5-2)27-17)16-10-13(6-9-18(16)26-21(19)24)22(30)29(31-3)12-15-8-7-14(23)11-25-15/h6-11H,4-5,12H2,1-3H3,(H2,24,26). The van der Waals surface area contributed by atoms with Crippen molar-refractivity contribution in [2.45, 2.75) is 33.4 Å². The topological polar surface area (TPSA) is 99.2 Å². The van der Waals surface area contributed by atoms with Crippen molar-refractivity contribution in [2.24, 2.45) is 0 Å². The Balaban J connectivity index is 1.79. The molecule has 0 radical (unpaired) electrons. The van der Waals surface area contributed by atoms with Crippen LogP contribution in [0.3, 0.4) is 0 Å². The first kappa shape index (κ1) is 21.2. The van der Waals surface area contributed by atoms with Gasteiger partial charge in [0.05, 0.1) is 41.5 Å². The molecule has 0 saturated carbocycles. The first-order valence-corrected chi connectivity index (χ1v) is 10.8. The van der Waals surface area contributed by atoms with Crippen LogP contribution in [0.15, 0.2) is 41.0 Å². The molecule has 0 aliphatic rings. The van der Waals surface area contributed by atoms with Gasteiger partial charge in [-0.3, -0.25) is 19.3 Å². The second kappa shape index (κ2) is 8.60. The Labute approximate surface area is 188 Å². The number of hydrogen-bond acceptors (Lipinski definition) is 6. The van der Waals surface area contributed by atoms with E-state index >= 15 is 0 Å². The Bertz CT molecular complexity index is 1270. The van der Waals surface area contributed by atoms with Gasteiger partial charge >= 0.3 is 0 Å². The minimum atomic E-state index is -0.266. The van der Waals surface area contributed by atoms with Gasteiger partial charge in [0.2, 0.25) is 0 Å². The van der Waals surface area contributed by atoms with Crippen molar-refractivity contribution in [3.8, 4) is 0 Å². The molecule has 0 aliphatic heterocycles. The van der Waals surface area contributed by atoms with Crippen molar-refractivity contribution < 1.29 is 9.63 Å². The first-order valence-electron chi connectivity index (χ1n) is 10.0. The van der Waals surface area contributed by atoms with E-state index in [1.807, 2.05) is 42.8 Å². The maximum absolute atomic E-state index is 13.2. The van der Waals surface area contributed by atoms with Gasteiger partial charge in [0.15, 0.2) is 0 Å². The Kier molecular flexibility index (Phi) is 5.88. The quantitative estimate of drug-likeness (QED) is 0.415. The SMILES string of the molecule is CCc1nn(CC)c2c1c(N)nc1ccc(C(=O)N(Cc3ccc(Br)cn3)OC)cc12. The van der Waals surface area contributed by atoms with Crippen molar-refractivity contribution in [3.05, 3.63) is 58.0 Å². The lowest BCUT2D eigenvalue weighted by atomic mass is 10.1. The predicted molar refractivity (Wildman–Crippen MR) is 123 cm³/mol. The van der Waals surface area contributed by atoms with Crippen LogP contribution in [0, 0.1) is 0 Å². The lowest BCUT2D eigenvalue weighted by Gasteiger charge is -2.19. The number of halogens is 1. The largest absolute Gasteiger partial charge is 0.383 e. The average molecular weight is 483 g/mol. The molecule has 0 atom stereocenters. The second-order valence-electron chi connectivity index (χ2n) is 7.06. The number of nitrogens with zero attached hydrogens (tertiary/aromatic N) is 5. The third-order valence-electron chi connectivity index (χ3n) is 5.20. The van der Waals surface area contributed by atoms with Crippen molar-refractivity contribution in [2.75, 3.05) is 12.8 Å². The molecule has 4 rings (SSSR count). The third-order valence-corrected chi connectivity index (χ3v) is 5.67. The monoisotopic (exact) mass is 482 g/mol. The fourth-order valence-electron chi connectivity index (χ4n) is 3.68. The summed E-state index contributed by atoms with van der Waals surface area (Å²) in [6, 6.07) is 9.09. The number of anilines is 1. The minimum absolute atomic E-state index is 0.225. The summed E-state index contributed by atoms with van der Waals surface area (Å²) in [4.78, 5) is 27.4. The lowest BCUT2D eigenvalue weighted by molar-refractivity contribution is -0.102. The first-order chi connectivity index (χ1) is 15.0. The van der Waals surface area contributed by atoms with E-state index < -0.39 is 0 Å². The number of benzene rings is 1. The molecule has 31 heavy (non-hydrogen) atoms. The van der Waals surface area contributed by atoms with Crippen LogP contribution < -0.4 is 5.73 Å². The normalized spacial score (nSPS) is 11.4. The van der Waals surface area contributed by atoms with Gasteiger partial charge in [-0.25, -0.2) is 10.0 Å². The van der Waals surface area contributed by atoms with E-state index in [-0.39, 0.29) is 12.5 Å². The number of fused-ring (bicyclic) bond motifs is 3. The maximum Gasteiger partial charge on any atom is 0.277 e. The molecular weight excluding hydrogens is 460 g/mol. The molecule has 2 N–H and O–H groups in total. The Morgan fingerprint density at radius 2 is 2.06 bits per heavy atom. The maximum atomic E-state index is 13.2. The van der Waals surface area contributed by atoms with Crippen molar-refractivity contribution >= 4 is 49.5 Å². The number of carbonyl (C=O) groups is 1. The molecule has 0 aliphatic carbocycles. The van der Waals surface area contributed by atoms with Crippen LogP contribution in [0.4, 0.5) is 5.82 Å². The van der Waals surface area contributed by atoms with Gasteiger partial charge in [0.25, 0.3) is 5.91 Å². The van der Waals surface area contributed by atoms with Crippen LogP contribution in [0.5, 0.6) is 0 Å². The van der Waals surface area contributed by atoms with Gasteiger partial charge in [-0.1, -0.05) is 6.92 Å². The predicted octanol–water partition coefficient (Wildman–Crippen LogP) is 4.11. The lowest BCUT2D eigenvalue weighted by Crippen LogP contribution is -2.29. The van der Waals surface area contributed by atoms with Crippen molar-refractivity contribution in [1.82, 2.24) is 24.8 Å². The minimum Gasteiger partial charge on any atom is -0.383 e. The summed E-state index contributed by atoms with van der Waals surface area (Å²) in [7, 11) is 1.47. The highest BCUT2D eigenvalue weighted by Gasteiger charge is 2.21. The zero-order valence-electron chi connectivity index (χ0n) is 17.6. The van der Waals surface area contributed by atoms with Crippen LogP contribution >= 0.6 is 15.9 Å². The molecule has 8 nitrogen and oxygen atoms in total. The van der Waals surface area contributed by atoms with Gasteiger partial charge in [0, 0.05) is 28.2 Å². The summed E-state index contributed by atoms with van der Waals surface area (Å²) < 4.78 is 2.79. The molecule has 9 heteroatoms. The summed E-state index contributed by atoms with van der Waals surface area (Å²) in [6.45, 7) is 4.98. The van der Waals surface area contributed by atoms with Crippen LogP contribution in [0.2, 0.25) is 0 Å². The molecule has 3 aromatic heterocycles. The van der Waals surface area contributed by atoms with Gasteiger partial charge in [0.1, 0.15) is 5.82 Å². The number of nitrogen functional groups attached to an aromatic ring is 1. The molecule has 3 heterocycles. The van der Waals surface area contributed by atoms with E-state index in [0.29, 0.717) is 23.6 Å². The number of pyridine rings is 2. The zero-order valence-corrected chi connectivity index (χ0v) is 19.2. The molecule has 0 bridgehead atoms. The highest BCUT2D eigenvalue weighted by atomic mass is 79.9. The summed E-state index contributed by atoms with van der Waals surface area (Å²) in [5, 5.41) is 7.66. The number of rotatable bonds is 6. The summed E-state index contributed by atoms with van der Waals surface area (Å²) in [6.07, 6.45) is 2.44. The molecule has 0 unspecified atom stereocenters. The summed E-state index contributed by atoms with van der Waals surface area (Å²) in [5.74, 6) is 0.190. The number of nitrogens with two attached hydrogens (primary N) is 1. The zero-order chi connectivity index (χ0) is 22.1. The number of carbonyl (C=O) groups excluding carboxylic acids is 1. The third kappa shape index (κ3) is 3.86. The van der Waals surface area contributed by atoms with Crippen LogP contribution in [-0.2, 0) is 24.3 Å². The van der Waals surface area contributed by atoms with E-state index in [0.717, 1.165) is 38.4 Å². The molecule has 1 aromatic carbocycles. The van der Waals surface area contributed by atoms with E-state index in [9.17, 15) is 4.79 Å². The number of aryl methyl sites for hydroxylation is 2. The molecule has 1 amide bonds. The van der Waals surface area contributed by atoms with E-state index in [1.165, 1.54) is 12.2 Å². The fraction of sp³-hybridized carbons (Fsp3) is 0.273. The van der Waals surface area contributed by atoms with E-state index in [4.69, 9.17) is 15.7 Å². The van der Waals surface area contributed by atoms with Crippen LogP contribution in [0.1, 0.15) is 35.6 Å². The molecule has 4 aromatic rings. The summed E-state index contributed by atoms with van der Waals surface area (Å²) in [5.41, 5.74) is 9.98. The smallest absolute Gasteiger partial charge is 0.277 e. The van der Waals surface area contributed by atoms with Crippen LogP contribution in [-0.4, -0.2) is 37.8 Å². The Morgan fingerprint density at radius 3 is 2.71 bits per heavy atom. The molecule has 0 spiro atoms. The van der Waals surface area contributed by atoms with Gasteiger partial charge in [-0.05, 0) is 59.6 Å². The molecule has 160 valence electrons. The average Bonchev–Trinajstić information content (AvgIpc) is 3.18. The number of amides is 1. The Hall–Kier alpha value is -3.04. The van der Waals surface area contributed by atoms with Crippen LogP contribution in [0.25, 0.3) is 21.8 Å².